The number of rotatable bonds is 5. The minimum Gasteiger partial charge on any atom is -0.328 e. The molecule has 2 rings (SSSR count). The molecular formula is C15H22N2O. The number of hydrogen-bond acceptors (Lipinski definition) is 2. The van der Waals surface area contributed by atoms with Crippen LogP contribution in [-0.4, -0.2) is 24.0 Å². The molecule has 1 unspecified atom stereocenters. The molecule has 1 fully saturated rings. The van der Waals surface area contributed by atoms with Crippen LogP contribution in [0.3, 0.4) is 0 Å². The highest BCUT2D eigenvalue weighted by molar-refractivity contribution is 5.85. The molecule has 1 heterocycles. The van der Waals surface area contributed by atoms with Gasteiger partial charge in [-0.05, 0) is 11.5 Å². The Morgan fingerprint density at radius 3 is 2.56 bits per heavy atom. The van der Waals surface area contributed by atoms with Crippen LogP contribution in [0.25, 0.3) is 0 Å². The lowest BCUT2D eigenvalue weighted by molar-refractivity contribution is -0.129. The van der Waals surface area contributed by atoms with Crippen molar-refractivity contribution < 1.29 is 4.79 Å². The van der Waals surface area contributed by atoms with Crippen LogP contribution in [0, 0.1) is 5.92 Å². The lowest BCUT2D eigenvalue weighted by Crippen LogP contribution is -2.31. The molecular weight excluding hydrogens is 224 g/mol. The first-order valence-electron chi connectivity index (χ1n) is 6.83. The number of hydrogen-bond donors (Lipinski definition) is 1. The molecule has 1 N–H and O–H groups in total. The Morgan fingerprint density at radius 2 is 1.94 bits per heavy atom. The van der Waals surface area contributed by atoms with Crippen molar-refractivity contribution in [1.29, 1.82) is 0 Å². The van der Waals surface area contributed by atoms with Gasteiger partial charge in [-0.3, -0.25) is 10.1 Å². The molecule has 1 aromatic carbocycles. The first-order valence-corrected chi connectivity index (χ1v) is 6.83. The highest BCUT2D eigenvalue weighted by Gasteiger charge is 2.32. The van der Waals surface area contributed by atoms with Gasteiger partial charge in [0.05, 0.1) is 6.67 Å². The maximum absolute atomic E-state index is 12.3. The second kappa shape index (κ2) is 6.01. The highest BCUT2D eigenvalue weighted by Crippen LogP contribution is 2.22. The quantitative estimate of drug-likeness (QED) is 0.866. The molecule has 3 heteroatoms. The third kappa shape index (κ3) is 2.72. The van der Waals surface area contributed by atoms with Crippen LogP contribution in [0.15, 0.2) is 30.3 Å². The van der Waals surface area contributed by atoms with E-state index in [9.17, 15) is 4.79 Å². The molecule has 0 bridgehead atoms. The largest absolute Gasteiger partial charge is 0.328 e. The lowest BCUT2D eigenvalue weighted by Gasteiger charge is -2.21. The zero-order chi connectivity index (χ0) is 13.0. The third-order valence-corrected chi connectivity index (χ3v) is 3.81. The Bertz CT molecular complexity index is 387. The van der Waals surface area contributed by atoms with Crippen LogP contribution >= 0.6 is 0 Å². The molecule has 0 saturated carbocycles. The predicted molar refractivity (Wildman–Crippen MR) is 73.0 cm³/mol. The van der Waals surface area contributed by atoms with E-state index < -0.39 is 0 Å². The van der Waals surface area contributed by atoms with Gasteiger partial charge >= 0.3 is 0 Å². The Hall–Kier alpha value is -1.35. The monoisotopic (exact) mass is 246 g/mol. The fourth-order valence-corrected chi connectivity index (χ4v) is 2.47. The number of nitrogens with zero attached hydrogens (tertiary/aromatic N) is 1. The number of nitrogens with one attached hydrogen (secondary N) is 1. The first-order chi connectivity index (χ1) is 8.76. The maximum atomic E-state index is 12.3. The van der Waals surface area contributed by atoms with Crippen LogP contribution < -0.4 is 5.32 Å². The van der Waals surface area contributed by atoms with Crippen LogP contribution in [0.2, 0.25) is 0 Å². The van der Waals surface area contributed by atoms with Gasteiger partial charge in [-0.1, -0.05) is 57.0 Å². The van der Waals surface area contributed by atoms with Gasteiger partial charge in [0.2, 0.25) is 5.91 Å². The van der Waals surface area contributed by atoms with Gasteiger partial charge in [-0.2, -0.15) is 0 Å². The Labute approximate surface area is 109 Å². The number of carbonyl (C=O) groups excluding carboxylic acids is 1. The minimum absolute atomic E-state index is 0.152. The molecule has 1 saturated heterocycles. The topological polar surface area (TPSA) is 32.3 Å². The SMILES string of the molecule is CCC(CC)CN1CNC(c2ccccc2)C1=O. The molecule has 18 heavy (non-hydrogen) atoms. The van der Waals surface area contributed by atoms with Crippen LogP contribution in [-0.2, 0) is 4.79 Å². The van der Waals surface area contributed by atoms with Gasteiger partial charge in [-0.15, -0.1) is 0 Å². The fraction of sp³-hybridized carbons (Fsp3) is 0.533. The smallest absolute Gasteiger partial charge is 0.245 e. The van der Waals surface area contributed by atoms with Crippen LogP contribution in [0.1, 0.15) is 38.3 Å². The van der Waals surface area contributed by atoms with E-state index in [0.717, 1.165) is 24.9 Å². The number of amides is 1. The van der Waals surface area contributed by atoms with Crippen molar-refractivity contribution >= 4 is 5.91 Å². The second-order valence-electron chi connectivity index (χ2n) is 4.95. The van der Waals surface area contributed by atoms with Gasteiger partial charge in [0.15, 0.2) is 0 Å². The minimum atomic E-state index is -0.152. The molecule has 98 valence electrons. The summed E-state index contributed by atoms with van der Waals surface area (Å²) in [4.78, 5) is 14.3. The van der Waals surface area contributed by atoms with Gasteiger partial charge in [0, 0.05) is 6.54 Å². The van der Waals surface area contributed by atoms with Gasteiger partial charge in [0.1, 0.15) is 6.04 Å². The molecule has 1 atom stereocenters. The van der Waals surface area contributed by atoms with Gasteiger partial charge in [0.25, 0.3) is 0 Å². The molecule has 0 aliphatic carbocycles. The summed E-state index contributed by atoms with van der Waals surface area (Å²) in [6.07, 6.45) is 2.27. The lowest BCUT2D eigenvalue weighted by atomic mass is 10.0. The molecule has 1 amide bonds. The summed E-state index contributed by atoms with van der Waals surface area (Å²) in [6.45, 7) is 5.94. The van der Waals surface area contributed by atoms with E-state index in [2.05, 4.69) is 19.2 Å². The third-order valence-electron chi connectivity index (χ3n) is 3.81. The zero-order valence-electron chi connectivity index (χ0n) is 11.2. The Kier molecular flexibility index (Phi) is 4.37. The van der Waals surface area contributed by atoms with Crippen molar-refractivity contribution in [2.75, 3.05) is 13.2 Å². The summed E-state index contributed by atoms with van der Waals surface area (Å²) in [5.74, 6) is 0.832. The van der Waals surface area contributed by atoms with Gasteiger partial charge < -0.3 is 4.90 Å². The van der Waals surface area contributed by atoms with E-state index in [1.807, 2.05) is 35.2 Å². The zero-order valence-corrected chi connectivity index (χ0v) is 11.2. The van der Waals surface area contributed by atoms with E-state index in [1.165, 1.54) is 0 Å². The first kappa shape index (κ1) is 13.1. The van der Waals surface area contributed by atoms with Crippen LogP contribution in [0.4, 0.5) is 0 Å². The molecule has 1 aliphatic rings. The standard InChI is InChI=1S/C15H22N2O/c1-3-12(4-2)10-17-11-16-14(15(17)18)13-8-6-5-7-9-13/h5-9,12,14,16H,3-4,10-11H2,1-2H3. The molecule has 0 aromatic heterocycles. The summed E-state index contributed by atoms with van der Waals surface area (Å²) in [7, 11) is 0. The van der Waals surface area contributed by atoms with E-state index in [-0.39, 0.29) is 11.9 Å². The van der Waals surface area contributed by atoms with E-state index in [4.69, 9.17) is 0 Å². The molecule has 1 aromatic rings. The van der Waals surface area contributed by atoms with Crippen molar-refractivity contribution in [3.63, 3.8) is 0 Å². The highest BCUT2D eigenvalue weighted by atomic mass is 16.2. The Morgan fingerprint density at radius 1 is 1.28 bits per heavy atom. The fourth-order valence-electron chi connectivity index (χ4n) is 2.47. The van der Waals surface area contributed by atoms with Crippen molar-refractivity contribution in [3.05, 3.63) is 35.9 Å². The van der Waals surface area contributed by atoms with E-state index in [0.29, 0.717) is 12.6 Å². The van der Waals surface area contributed by atoms with E-state index >= 15 is 0 Å². The predicted octanol–water partition coefficient (Wildman–Crippen LogP) is 2.55. The summed E-state index contributed by atoms with van der Waals surface area (Å²) in [5, 5.41) is 3.30. The Balaban J connectivity index is 2.01. The second-order valence-corrected chi connectivity index (χ2v) is 4.95. The number of carbonyl (C=O) groups is 1. The summed E-state index contributed by atoms with van der Waals surface area (Å²) < 4.78 is 0. The van der Waals surface area contributed by atoms with Crippen LogP contribution in [0.5, 0.6) is 0 Å². The molecule has 0 spiro atoms. The van der Waals surface area contributed by atoms with Crippen molar-refractivity contribution in [1.82, 2.24) is 10.2 Å². The van der Waals surface area contributed by atoms with Gasteiger partial charge in [-0.25, -0.2) is 0 Å². The average Bonchev–Trinajstić information content (AvgIpc) is 2.78. The average molecular weight is 246 g/mol. The summed E-state index contributed by atoms with van der Waals surface area (Å²) in [5.41, 5.74) is 1.06. The maximum Gasteiger partial charge on any atom is 0.245 e. The van der Waals surface area contributed by atoms with E-state index in [1.54, 1.807) is 0 Å². The molecule has 3 nitrogen and oxygen atoms in total. The van der Waals surface area contributed by atoms with Crippen molar-refractivity contribution in [2.24, 2.45) is 5.92 Å². The number of benzene rings is 1. The van der Waals surface area contributed by atoms with Crippen molar-refractivity contribution in [2.45, 2.75) is 32.7 Å². The van der Waals surface area contributed by atoms with Crippen molar-refractivity contribution in [3.8, 4) is 0 Å². The molecule has 0 radical (unpaired) electrons. The summed E-state index contributed by atoms with van der Waals surface area (Å²) in [6, 6.07) is 9.81. The summed E-state index contributed by atoms with van der Waals surface area (Å²) >= 11 is 0. The molecule has 1 aliphatic heterocycles. The normalized spacial score (nSPS) is 19.8.